The molecule has 0 atom stereocenters. The van der Waals surface area contributed by atoms with Crippen LogP contribution in [0.1, 0.15) is 32.6 Å². The van der Waals surface area contributed by atoms with Crippen LogP contribution in [0.25, 0.3) is 0 Å². The van der Waals surface area contributed by atoms with Crippen LogP contribution in [0, 0.1) is 11.3 Å². The van der Waals surface area contributed by atoms with Crippen molar-refractivity contribution in [1.82, 2.24) is 4.90 Å². The molecule has 0 aliphatic carbocycles. The molecule has 76 valence electrons. The highest BCUT2D eigenvalue weighted by atomic mass is 15.1. The summed E-state index contributed by atoms with van der Waals surface area (Å²) in [6.07, 6.45) is 5.26. The van der Waals surface area contributed by atoms with E-state index in [2.05, 4.69) is 11.8 Å². The summed E-state index contributed by atoms with van der Waals surface area (Å²) in [5.41, 5.74) is 5.36. The maximum absolute atomic E-state index is 7.20. The molecule has 0 spiro atoms. The van der Waals surface area contributed by atoms with Crippen LogP contribution in [0.5, 0.6) is 0 Å². The van der Waals surface area contributed by atoms with Crippen molar-refractivity contribution in [2.24, 2.45) is 11.7 Å². The van der Waals surface area contributed by atoms with Crippen molar-refractivity contribution < 1.29 is 0 Å². The van der Waals surface area contributed by atoms with E-state index in [9.17, 15) is 0 Å². The highest BCUT2D eigenvalue weighted by Crippen LogP contribution is 2.21. The molecule has 0 bridgehead atoms. The highest BCUT2D eigenvalue weighted by Gasteiger charge is 2.18. The second kappa shape index (κ2) is 5.22. The van der Waals surface area contributed by atoms with Crippen LogP contribution in [0.15, 0.2) is 0 Å². The van der Waals surface area contributed by atoms with Crippen molar-refractivity contribution >= 4 is 5.84 Å². The van der Waals surface area contributed by atoms with Gasteiger partial charge in [-0.3, -0.25) is 10.3 Å². The van der Waals surface area contributed by atoms with E-state index in [1.54, 1.807) is 0 Å². The fourth-order valence-electron chi connectivity index (χ4n) is 2.08. The Hall–Kier alpha value is -0.570. The molecule has 1 rings (SSSR count). The molecular formula is C10H21N3. The van der Waals surface area contributed by atoms with Crippen molar-refractivity contribution in [2.45, 2.75) is 32.6 Å². The van der Waals surface area contributed by atoms with Gasteiger partial charge in [-0.25, -0.2) is 0 Å². The SMILES string of the molecule is CCCC1CCN(CC(=N)N)CC1. The highest BCUT2D eigenvalue weighted by molar-refractivity contribution is 5.78. The van der Waals surface area contributed by atoms with Crippen LogP contribution >= 0.6 is 0 Å². The van der Waals surface area contributed by atoms with E-state index in [1.807, 2.05) is 0 Å². The van der Waals surface area contributed by atoms with Crippen molar-refractivity contribution in [3.8, 4) is 0 Å². The topological polar surface area (TPSA) is 53.1 Å². The van der Waals surface area contributed by atoms with Gasteiger partial charge in [0.2, 0.25) is 0 Å². The molecule has 0 aromatic heterocycles. The number of hydrogen-bond acceptors (Lipinski definition) is 2. The Morgan fingerprint density at radius 1 is 1.46 bits per heavy atom. The standard InChI is InChI=1S/C10H21N3/c1-2-3-9-4-6-13(7-5-9)8-10(11)12/h9H,2-8H2,1H3,(H3,11,12). The Kier molecular flexibility index (Phi) is 4.22. The monoisotopic (exact) mass is 183 g/mol. The number of nitrogens with two attached hydrogens (primary N) is 1. The van der Waals surface area contributed by atoms with Crippen LogP contribution in [-0.2, 0) is 0 Å². The Balaban J connectivity index is 2.18. The molecule has 1 saturated heterocycles. The predicted molar refractivity (Wildman–Crippen MR) is 56.0 cm³/mol. The van der Waals surface area contributed by atoms with Gasteiger partial charge in [0.05, 0.1) is 6.54 Å². The minimum Gasteiger partial charge on any atom is -0.387 e. The van der Waals surface area contributed by atoms with E-state index >= 15 is 0 Å². The third kappa shape index (κ3) is 3.77. The number of amidine groups is 1. The van der Waals surface area contributed by atoms with Gasteiger partial charge in [0, 0.05) is 0 Å². The summed E-state index contributed by atoms with van der Waals surface area (Å²) < 4.78 is 0. The molecule has 1 heterocycles. The van der Waals surface area contributed by atoms with Gasteiger partial charge in [-0.2, -0.15) is 0 Å². The predicted octanol–water partition coefficient (Wildman–Crippen LogP) is 1.43. The Morgan fingerprint density at radius 3 is 2.54 bits per heavy atom. The zero-order chi connectivity index (χ0) is 9.68. The third-order valence-corrected chi connectivity index (χ3v) is 2.80. The van der Waals surface area contributed by atoms with Gasteiger partial charge in [0.1, 0.15) is 5.84 Å². The van der Waals surface area contributed by atoms with Gasteiger partial charge in [-0.05, 0) is 31.8 Å². The molecule has 0 saturated carbocycles. The van der Waals surface area contributed by atoms with Gasteiger partial charge < -0.3 is 5.73 Å². The van der Waals surface area contributed by atoms with E-state index in [0.717, 1.165) is 19.0 Å². The van der Waals surface area contributed by atoms with E-state index < -0.39 is 0 Å². The summed E-state index contributed by atoms with van der Waals surface area (Å²) in [6, 6.07) is 0. The molecule has 1 aliphatic rings. The second-order valence-corrected chi connectivity index (χ2v) is 4.03. The summed E-state index contributed by atoms with van der Waals surface area (Å²) in [6.45, 7) is 5.18. The summed E-state index contributed by atoms with van der Waals surface area (Å²) in [4.78, 5) is 2.29. The van der Waals surface area contributed by atoms with Gasteiger partial charge in [0.15, 0.2) is 0 Å². The molecule has 1 aliphatic heterocycles. The fourth-order valence-corrected chi connectivity index (χ4v) is 2.08. The lowest BCUT2D eigenvalue weighted by Crippen LogP contribution is -2.39. The van der Waals surface area contributed by atoms with Crippen molar-refractivity contribution in [2.75, 3.05) is 19.6 Å². The minimum absolute atomic E-state index is 0.300. The van der Waals surface area contributed by atoms with Crippen LogP contribution < -0.4 is 5.73 Å². The summed E-state index contributed by atoms with van der Waals surface area (Å²) in [5, 5.41) is 7.20. The number of likely N-dealkylation sites (tertiary alicyclic amines) is 1. The quantitative estimate of drug-likeness (QED) is 0.512. The second-order valence-electron chi connectivity index (χ2n) is 4.03. The first-order valence-corrected chi connectivity index (χ1v) is 5.27. The van der Waals surface area contributed by atoms with E-state index in [-0.39, 0.29) is 0 Å². The number of nitrogens with one attached hydrogen (secondary N) is 1. The van der Waals surface area contributed by atoms with E-state index in [1.165, 1.54) is 25.7 Å². The molecule has 3 N–H and O–H groups in total. The van der Waals surface area contributed by atoms with Gasteiger partial charge in [-0.1, -0.05) is 19.8 Å². The molecule has 0 unspecified atom stereocenters. The Labute approximate surface area is 80.8 Å². The molecule has 0 aromatic carbocycles. The largest absolute Gasteiger partial charge is 0.387 e. The Morgan fingerprint density at radius 2 is 2.08 bits per heavy atom. The van der Waals surface area contributed by atoms with Gasteiger partial charge in [0.25, 0.3) is 0 Å². The lowest BCUT2D eigenvalue weighted by Gasteiger charge is -2.31. The first kappa shape index (κ1) is 10.5. The average Bonchev–Trinajstić information content (AvgIpc) is 2.08. The number of piperidine rings is 1. The normalized spacial score (nSPS) is 20.4. The lowest BCUT2D eigenvalue weighted by atomic mass is 9.92. The van der Waals surface area contributed by atoms with Crippen LogP contribution in [0.3, 0.4) is 0 Å². The van der Waals surface area contributed by atoms with E-state index in [4.69, 9.17) is 11.1 Å². The number of hydrogen-bond donors (Lipinski definition) is 2. The number of rotatable bonds is 4. The molecule has 3 heteroatoms. The van der Waals surface area contributed by atoms with Gasteiger partial charge in [-0.15, -0.1) is 0 Å². The molecule has 0 amide bonds. The zero-order valence-electron chi connectivity index (χ0n) is 8.55. The van der Waals surface area contributed by atoms with Crippen LogP contribution in [0.2, 0.25) is 0 Å². The van der Waals surface area contributed by atoms with Crippen LogP contribution in [-0.4, -0.2) is 30.4 Å². The van der Waals surface area contributed by atoms with Crippen molar-refractivity contribution in [3.63, 3.8) is 0 Å². The van der Waals surface area contributed by atoms with E-state index in [0.29, 0.717) is 12.4 Å². The first-order chi connectivity index (χ1) is 6.22. The molecular weight excluding hydrogens is 162 g/mol. The minimum atomic E-state index is 0.300. The van der Waals surface area contributed by atoms with Gasteiger partial charge >= 0.3 is 0 Å². The molecule has 0 radical (unpaired) electrons. The molecule has 0 aromatic rings. The maximum atomic E-state index is 7.20. The third-order valence-electron chi connectivity index (χ3n) is 2.80. The summed E-state index contributed by atoms with van der Waals surface area (Å²) in [7, 11) is 0. The maximum Gasteiger partial charge on any atom is 0.105 e. The van der Waals surface area contributed by atoms with Crippen molar-refractivity contribution in [3.05, 3.63) is 0 Å². The lowest BCUT2D eigenvalue weighted by molar-refractivity contribution is 0.198. The van der Waals surface area contributed by atoms with Crippen LogP contribution in [0.4, 0.5) is 0 Å². The average molecular weight is 183 g/mol. The molecule has 1 fully saturated rings. The number of nitrogens with zero attached hydrogens (tertiary/aromatic N) is 1. The summed E-state index contributed by atoms with van der Waals surface area (Å²) >= 11 is 0. The first-order valence-electron chi connectivity index (χ1n) is 5.27. The summed E-state index contributed by atoms with van der Waals surface area (Å²) in [5.74, 6) is 1.22. The fraction of sp³-hybridized carbons (Fsp3) is 0.900. The molecule has 3 nitrogen and oxygen atoms in total. The van der Waals surface area contributed by atoms with Crippen molar-refractivity contribution in [1.29, 1.82) is 5.41 Å². The smallest absolute Gasteiger partial charge is 0.105 e. The Bertz CT molecular complexity index is 160. The molecule has 13 heavy (non-hydrogen) atoms. The zero-order valence-corrected chi connectivity index (χ0v) is 8.55.